The molecule has 2 rings (SSSR count). The lowest BCUT2D eigenvalue weighted by atomic mass is 10.1. The topological polar surface area (TPSA) is 43.8 Å². The van der Waals surface area contributed by atoms with Gasteiger partial charge in [0.25, 0.3) is 0 Å². The summed E-state index contributed by atoms with van der Waals surface area (Å²) >= 11 is 0. The lowest BCUT2D eigenvalue weighted by molar-refractivity contribution is 0.787. The van der Waals surface area contributed by atoms with Gasteiger partial charge >= 0.3 is 0 Å². The van der Waals surface area contributed by atoms with E-state index < -0.39 is 0 Å². The molecular weight excluding hydrogens is 222 g/mol. The van der Waals surface area contributed by atoms with Gasteiger partial charge in [-0.15, -0.1) is 0 Å². The van der Waals surface area contributed by atoms with Crippen molar-refractivity contribution in [2.75, 3.05) is 0 Å². The maximum atomic E-state index is 5.86. The SMILES string of the molecule is CCc1cc(CC)n(-c2ccc(C(C)N)cc2)n1. The molecule has 1 unspecified atom stereocenters. The lowest BCUT2D eigenvalue weighted by Gasteiger charge is -2.09. The quantitative estimate of drug-likeness (QED) is 0.897. The maximum Gasteiger partial charge on any atom is 0.0649 e. The molecule has 0 aliphatic heterocycles. The standard InChI is InChI=1S/C15H21N3/c1-4-13-10-14(5-2)18(17-13)15-8-6-12(7-9-15)11(3)16/h6-11H,4-5,16H2,1-3H3. The summed E-state index contributed by atoms with van der Waals surface area (Å²) < 4.78 is 2.03. The van der Waals surface area contributed by atoms with Crippen LogP contribution in [0.3, 0.4) is 0 Å². The zero-order valence-corrected chi connectivity index (χ0v) is 11.4. The van der Waals surface area contributed by atoms with Gasteiger partial charge in [-0.2, -0.15) is 5.10 Å². The van der Waals surface area contributed by atoms with E-state index in [0.29, 0.717) is 0 Å². The van der Waals surface area contributed by atoms with Gasteiger partial charge in [0, 0.05) is 11.7 Å². The van der Waals surface area contributed by atoms with Gasteiger partial charge in [-0.1, -0.05) is 26.0 Å². The lowest BCUT2D eigenvalue weighted by Crippen LogP contribution is -2.06. The van der Waals surface area contributed by atoms with E-state index in [1.54, 1.807) is 0 Å². The Hall–Kier alpha value is -1.61. The molecule has 2 N–H and O–H groups in total. The van der Waals surface area contributed by atoms with Crippen molar-refractivity contribution >= 4 is 0 Å². The molecule has 0 aliphatic carbocycles. The van der Waals surface area contributed by atoms with Gasteiger partial charge in [0.05, 0.1) is 11.4 Å². The van der Waals surface area contributed by atoms with Crippen molar-refractivity contribution in [3.63, 3.8) is 0 Å². The molecule has 1 aromatic carbocycles. The number of hydrogen-bond donors (Lipinski definition) is 1. The number of rotatable bonds is 4. The fourth-order valence-electron chi connectivity index (χ4n) is 2.04. The minimum absolute atomic E-state index is 0.0773. The Morgan fingerprint density at radius 1 is 1.17 bits per heavy atom. The van der Waals surface area contributed by atoms with Crippen LogP contribution >= 0.6 is 0 Å². The highest BCUT2D eigenvalue weighted by molar-refractivity contribution is 5.37. The largest absolute Gasteiger partial charge is 0.324 e. The van der Waals surface area contributed by atoms with Crippen LogP contribution < -0.4 is 5.73 Å². The number of nitrogens with two attached hydrogens (primary N) is 1. The number of nitrogens with zero attached hydrogens (tertiary/aromatic N) is 2. The number of hydrogen-bond acceptors (Lipinski definition) is 2. The first-order chi connectivity index (χ1) is 8.65. The van der Waals surface area contributed by atoms with Gasteiger partial charge in [-0.05, 0) is 43.5 Å². The minimum Gasteiger partial charge on any atom is -0.324 e. The first-order valence-electron chi connectivity index (χ1n) is 6.59. The Morgan fingerprint density at radius 2 is 1.83 bits per heavy atom. The summed E-state index contributed by atoms with van der Waals surface area (Å²) in [5, 5.41) is 4.63. The predicted molar refractivity (Wildman–Crippen MR) is 74.9 cm³/mol. The van der Waals surface area contributed by atoms with Crippen molar-refractivity contribution in [3.8, 4) is 5.69 Å². The zero-order valence-electron chi connectivity index (χ0n) is 11.4. The Bertz CT molecular complexity index is 509. The summed E-state index contributed by atoms with van der Waals surface area (Å²) in [5.74, 6) is 0. The number of aryl methyl sites for hydroxylation is 2. The highest BCUT2D eigenvalue weighted by atomic mass is 15.3. The van der Waals surface area contributed by atoms with Gasteiger partial charge in [0.15, 0.2) is 0 Å². The van der Waals surface area contributed by atoms with Crippen LogP contribution in [0.2, 0.25) is 0 Å². The molecule has 1 heterocycles. The summed E-state index contributed by atoms with van der Waals surface area (Å²) in [5.41, 5.74) is 10.5. The van der Waals surface area contributed by atoms with Crippen LogP contribution in [0.5, 0.6) is 0 Å². The molecule has 1 atom stereocenters. The fourth-order valence-corrected chi connectivity index (χ4v) is 2.04. The number of benzene rings is 1. The van der Waals surface area contributed by atoms with E-state index in [1.807, 2.05) is 11.6 Å². The van der Waals surface area contributed by atoms with E-state index >= 15 is 0 Å². The van der Waals surface area contributed by atoms with Crippen molar-refractivity contribution in [3.05, 3.63) is 47.3 Å². The van der Waals surface area contributed by atoms with Crippen LogP contribution in [-0.4, -0.2) is 9.78 Å². The monoisotopic (exact) mass is 243 g/mol. The third-order valence-electron chi connectivity index (χ3n) is 3.22. The van der Waals surface area contributed by atoms with Crippen molar-refractivity contribution in [1.29, 1.82) is 0 Å². The van der Waals surface area contributed by atoms with Crippen molar-refractivity contribution in [2.24, 2.45) is 5.73 Å². The van der Waals surface area contributed by atoms with E-state index in [1.165, 1.54) is 5.69 Å². The third-order valence-corrected chi connectivity index (χ3v) is 3.22. The molecule has 0 amide bonds. The summed E-state index contributed by atoms with van der Waals surface area (Å²) in [6.07, 6.45) is 1.96. The molecule has 0 saturated carbocycles. The average molecular weight is 243 g/mol. The van der Waals surface area contributed by atoms with Crippen molar-refractivity contribution in [2.45, 2.75) is 39.7 Å². The fraction of sp³-hybridized carbons (Fsp3) is 0.400. The van der Waals surface area contributed by atoms with E-state index in [-0.39, 0.29) is 6.04 Å². The molecule has 18 heavy (non-hydrogen) atoms. The van der Waals surface area contributed by atoms with Gasteiger partial charge in [-0.25, -0.2) is 4.68 Å². The van der Waals surface area contributed by atoms with Crippen LogP contribution in [0, 0.1) is 0 Å². The molecule has 0 spiro atoms. The van der Waals surface area contributed by atoms with E-state index in [2.05, 4.69) is 49.3 Å². The molecule has 0 saturated heterocycles. The van der Waals surface area contributed by atoms with Crippen LogP contribution in [0.15, 0.2) is 30.3 Å². The molecule has 96 valence electrons. The molecule has 3 nitrogen and oxygen atoms in total. The van der Waals surface area contributed by atoms with Crippen LogP contribution in [-0.2, 0) is 12.8 Å². The highest BCUT2D eigenvalue weighted by Crippen LogP contribution is 2.17. The Balaban J connectivity index is 2.38. The second-order valence-corrected chi connectivity index (χ2v) is 4.63. The van der Waals surface area contributed by atoms with E-state index in [0.717, 1.165) is 29.8 Å². The van der Waals surface area contributed by atoms with Gasteiger partial charge in [0.1, 0.15) is 0 Å². The molecule has 3 heteroatoms. The molecule has 2 aromatic rings. The summed E-state index contributed by atoms with van der Waals surface area (Å²) in [6, 6.07) is 10.6. The Labute approximate surface area is 109 Å². The maximum absolute atomic E-state index is 5.86. The molecular formula is C15H21N3. The molecule has 0 bridgehead atoms. The highest BCUT2D eigenvalue weighted by Gasteiger charge is 2.07. The molecule has 0 aliphatic rings. The summed E-state index contributed by atoms with van der Waals surface area (Å²) in [4.78, 5) is 0. The Kier molecular flexibility index (Phi) is 3.82. The van der Waals surface area contributed by atoms with Gasteiger partial charge in [-0.3, -0.25) is 0 Å². The van der Waals surface area contributed by atoms with Crippen LogP contribution in [0.1, 0.15) is 43.8 Å². The smallest absolute Gasteiger partial charge is 0.0649 e. The van der Waals surface area contributed by atoms with Crippen LogP contribution in [0.4, 0.5) is 0 Å². The van der Waals surface area contributed by atoms with Crippen molar-refractivity contribution < 1.29 is 0 Å². The van der Waals surface area contributed by atoms with E-state index in [9.17, 15) is 0 Å². The first kappa shape index (κ1) is 12.8. The van der Waals surface area contributed by atoms with Gasteiger partial charge < -0.3 is 5.73 Å². The first-order valence-corrected chi connectivity index (χ1v) is 6.59. The number of aromatic nitrogens is 2. The summed E-state index contributed by atoms with van der Waals surface area (Å²) in [6.45, 7) is 6.28. The second-order valence-electron chi connectivity index (χ2n) is 4.63. The molecule has 1 aromatic heterocycles. The molecule has 0 fully saturated rings. The van der Waals surface area contributed by atoms with Gasteiger partial charge in [0.2, 0.25) is 0 Å². The minimum atomic E-state index is 0.0773. The van der Waals surface area contributed by atoms with E-state index in [4.69, 9.17) is 5.73 Å². The third kappa shape index (κ3) is 2.46. The molecule has 0 radical (unpaired) electrons. The second kappa shape index (κ2) is 5.36. The predicted octanol–water partition coefficient (Wildman–Crippen LogP) is 3.02. The van der Waals surface area contributed by atoms with Crippen molar-refractivity contribution in [1.82, 2.24) is 9.78 Å². The summed E-state index contributed by atoms with van der Waals surface area (Å²) in [7, 11) is 0. The Morgan fingerprint density at radius 3 is 2.33 bits per heavy atom. The normalized spacial score (nSPS) is 12.7. The average Bonchev–Trinajstić information content (AvgIpc) is 2.82. The van der Waals surface area contributed by atoms with Crippen LogP contribution in [0.25, 0.3) is 5.69 Å². The zero-order chi connectivity index (χ0) is 13.1.